The molecule has 0 aromatic carbocycles. The predicted octanol–water partition coefficient (Wildman–Crippen LogP) is 0.988. The van der Waals surface area contributed by atoms with Crippen molar-refractivity contribution in [3.8, 4) is 0 Å². The normalized spacial score (nSPS) is 12.5. The van der Waals surface area contributed by atoms with Crippen LogP contribution in [0.3, 0.4) is 0 Å². The highest BCUT2D eigenvalue weighted by molar-refractivity contribution is 7.90. The van der Waals surface area contributed by atoms with Gasteiger partial charge in [0.25, 0.3) is 0 Å². The number of carboxylic acids is 1. The van der Waals surface area contributed by atoms with Gasteiger partial charge < -0.3 is 5.11 Å². The van der Waals surface area contributed by atoms with Gasteiger partial charge in [-0.25, -0.2) is 9.78 Å². The summed E-state index contributed by atoms with van der Waals surface area (Å²) in [4.78, 5) is 14.0. The third kappa shape index (κ3) is 7.27. The molecule has 0 amide bonds. The number of rotatable bonds is 6. The third-order valence-corrected chi connectivity index (χ3v) is 2.87. The average molecular weight is 325 g/mol. The van der Waals surface area contributed by atoms with Crippen LogP contribution in [0.15, 0.2) is 24.3 Å². The molecule has 1 aromatic rings. The molecule has 21 heavy (non-hydrogen) atoms. The zero-order valence-electron chi connectivity index (χ0n) is 10.3. The number of nitrogens with zero attached hydrogens (tertiary/aromatic N) is 1. The Morgan fingerprint density at radius 1 is 1.38 bits per heavy atom. The van der Waals surface area contributed by atoms with Gasteiger partial charge in [-0.3, -0.25) is 4.72 Å². The van der Waals surface area contributed by atoms with E-state index in [9.17, 15) is 26.4 Å². The van der Waals surface area contributed by atoms with Crippen LogP contribution in [-0.2, 0) is 15.0 Å². The molecule has 0 radical (unpaired) electrons. The third-order valence-electron chi connectivity index (χ3n) is 1.87. The van der Waals surface area contributed by atoms with E-state index in [-0.39, 0.29) is 11.5 Å². The van der Waals surface area contributed by atoms with Crippen LogP contribution in [0.1, 0.15) is 5.69 Å². The van der Waals surface area contributed by atoms with Crippen molar-refractivity contribution in [2.45, 2.75) is 6.18 Å². The van der Waals surface area contributed by atoms with Crippen LogP contribution in [0, 0.1) is 0 Å². The van der Waals surface area contributed by atoms with E-state index in [0.717, 1.165) is 12.2 Å². The van der Waals surface area contributed by atoms with Crippen molar-refractivity contribution in [3.05, 3.63) is 30.0 Å². The molecule has 0 fully saturated rings. The molecule has 7 nitrogen and oxygen atoms in total. The lowest BCUT2D eigenvalue weighted by molar-refractivity contribution is -0.131. The Kier molecular flexibility index (Phi) is 5.27. The summed E-state index contributed by atoms with van der Waals surface area (Å²) < 4.78 is 61.6. The van der Waals surface area contributed by atoms with Gasteiger partial charge in [0.15, 0.2) is 0 Å². The van der Waals surface area contributed by atoms with Gasteiger partial charge in [0, 0.05) is 6.08 Å². The molecule has 0 saturated carbocycles. The zero-order valence-corrected chi connectivity index (χ0v) is 11.1. The number of aromatic nitrogens is 1. The first-order chi connectivity index (χ1) is 9.57. The predicted molar refractivity (Wildman–Crippen MR) is 67.5 cm³/mol. The minimum atomic E-state index is -4.69. The van der Waals surface area contributed by atoms with Crippen molar-refractivity contribution in [1.82, 2.24) is 9.71 Å². The second kappa shape index (κ2) is 6.54. The van der Waals surface area contributed by atoms with Crippen molar-refractivity contribution >= 4 is 28.1 Å². The first-order valence-corrected chi connectivity index (χ1v) is 6.78. The lowest BCUT2D eigenvalue weighted by atomic mass is 10.3. The molecular weight excluding hydrogens is 315 g/mol. The van der Waals surface area contributed by atoms with E-state index in [1.165, 1.54) is 22.9 Å². The molecule has 0 spiro atoms. The second-order valence-electron chi connectivity index (χ2n) is 3.66. The van der Waals surface area contributed by atoms with Crippen LogP contribution in [0.2, 0.25) is 0 Å². The second-order valence-corrected chi connectivity index (χ2v) is 5.16. The Hall–Kier alpha value is -2.14. The van der Waals surface area contributed by atoms with Gasteiger partial charge in [-0.15, -0.1) is 0 Å². The summed E-state index contributed by atoms with van der Waals surface area (Å²) >= 11 is 0. The standard InChI is InChI=1S/C10H10F3N3O4S/c11-10(12,13)6-14-21(19,20)16-8-3-1-2-7(15-8)4-5-9(17)18/h1-5,14H,6H2,(H,15,16)(H,17,18)/b5-4+. The molecule has 1 rings (SSSR count). The maximum Gasteiger partial charge on any atom is 0.402 e. The number of pyridine rings is 1. The molecule has 116 valence electrons. The maximum atomic E-state index is 11.9. The van der Waals surface area contributed by atoms with Crippen LogP contribution < -0.4 is 9.44 Å². The largest absolute Gasteiger partial charge is 0.478 e. The lowest BCUT2D eigenvalue weighted by Gasteiger charge is -2.10. The average Bonchev–Trinajstić information content (AvgIpc) is 2.33. The number of carboxylic acid groups (broad SMARTS) is 1. The molecule has 0 aliphatic carbocycles. The molecule has 1 heterocycles. The van der Waals surface area contributed by atoms with Gasteiger partial charge in [-0.2, -0.15) is 26.3 Å². The summed E-state index contributed by atoms with van der Waals surface area (Å²) in [6.07, 6.45) is -2.81. The molecular formula is C10H10F3N3O4S. The molecule has 3 N–H and O–H groups in total. The number of hydrogen-bond donors (Lipinski definition) is 3. The van der Waals surface area contributed by atoms with Gasteiger partial charge in [-0.1, -0.05) is 6.07 Å². The van der Waals surface area contributed by atoms with Crippen molar-refractivity contribution in [1.29, 1.82) is 0 Å². The summed E-state index contributed by atoms with van der Waals surface area (Å²) in [5.41, 5.74) is 0.119. The zero-order chi connectivity index (χ0) is 16.1. The summed E-state index contributed by atoms with van der Waals surface area (Å²) in [6.45, 7) is -1.72. The fourth-order valence-corrected chi connectivity index (χ4v) is 1.92. The number of carbonyl (C=O) groups is 1. The minimum absolute atomic E-state index is 0.119. The van der Waals surface area contributed by atoms with E-state index in [4.69, 9.17) is 5.11 Å². The Morgan fingerprint density at radius 3 is 2.62 bits per heavy atom. The number of aliphatic carboxylic acids is 1. The first-order valence-electron chi connectivity index (χ1n) is 5.30. The van der Waals surface area contributed by atoms with E-state index in [2.05, 4.69) is 4.98 Å². The number of halogens is 3. The van der Waals surface area contributed by atoms with Gasteiger partial charge in [0.2, 0.25) is 0 Å². The monoisotopic (exact) mass is 325 g/mol. The topological polar surface area (TPSA) is 108 Å². The van der Waals surface area contributed by atoms with E-state index in [0.29, 0.717) is 0 Å². The Labute approximate surface area is 117 Å². The number of alkyl halides is 3. The van der Waals surface area contributed by atoms with Crippen molar-refractivity contribution in [2.75, 3.05) is 11.3 Å². The van der Waals surface area contributed by atoms with Crippen LogP contribution in [0.25, 0.3) is 6.08 Å². The molecule has 0 aliphatic heterocycles. The summed E-state index contributed by atoms with van der Waals surface area (Å²) in [5.74, 6) is -1.48. The minimum Gasteiger partial charge on any atom is -0.478 e. The molecule has 11 heteroatoms. The van der Waals surface area contributed by atoms with Crippen LogP contribution in [-0.4, -0.2) is 37.2 Å². The molecule has 0 atom stereocenters. The molecule has 0 bridgehead atoms. The molecule has 1 aromatic heterocycles. The van der Waals surface area contributed by atoms with Crippen molar-refractivity contribution in [2.24, 2.45) is 0 Å². The van der Waals surface area contributed by atoms with E-state index in [1.54, 1.807) is 4.72 Å². The maximum absolute atomic E-state index is 11.9. The Bertz CT molecular complexity index is 643. The molecule has 0 saturated heterocycles. The Morgan fingerprint density at radius 2 is 2.05 bits per heavy atom. The smallest absolute Gasteiger partial charge is 0.402 e. The number of nitrogens with one attached hydrogen (secondary N) is 2. The molecule has 0 aliphatic rings. The van der Waals surface area contributed by atoms with Gasteiger partial charge in [0.05, 0.1) is 5.69 Å². The quantitative estimate of drug-likeness (QED) is 0.676. The van der Waals surface area contributed by atoms with E-state index >= 15 is 0 Å². The highest BCUT2D eigenvalue weighted by Crippen LogP contribution is 2.13. The number of anilines is 1. The summed E-state index contributed by atoms with van der Waals surface area (Å²) in [7, 11) is -4.44. The van der Waals surface area contributed by atoms with Gasteiger partial charge in [-0.05, 0) is 18.2 Å². The van der Waals surface area contributed by atoms with E-state index < -0.39 is 28.9 Å². The highest BCUT2D eigenvalue weighted by atomic mass is 32.2. The van der Waals surface area contributed by atoms with Crippen LogP contribution >= 0.6 is 0 Å². The molecule has 0 unspecified atom stereocenters. The van der Waals surface area contributed by atoms with Gasteiger partial charge in [0.1, 0.15) is 12.4 Å². The lowest BCUT2D eigenvalue weighted by Crippen LogP contribution is -2.37. The van der Waals surface area contributed by atoms with Gasteiger partial charge >= 0.3 is 22.4 Å². The SMILES string of the molecule is O=C(O)/C=C/c1cccc(NS(=O)(=O)NCC(F)(F)F)n1. The number of hydrogen-bond acceptors (Lipinski definition) is 4. The van der Waals surface area contributed by atoms with Crippen LogP contribution in [0.4, 0.5) is 19.0 Å². The van der Waals surface area contributed by atoms with Crippen molar-refractivity contribution < 1.29 is 31.5 Å². The van der Waals surface area contributed by atoms with Crippen molar-refractivity contribution in [3.63, 3.8) is 0 Å². The van der Waals surface area contributed by atoms with E-state index in [1.807, 2.05) is 0 Å². The first kappa shape index (κ1) is 16.9. The Balaban J connectivity index is 2.78. The highest BCUT2D eigenvalue weighted by Gasteiger charge is 2.29. The summed E-state index contributed by atoms with van der Waals surface area (Å²) in [5, 5.41) is 8.43. The summed E-state index contributed by atoms with van der Waals surface area (Å²) in [6, 6.07) is 3.95. The fraction of sp³-hybridized carbons (Fsp3) is 0.200. The fourth-order valence-electron chi connectivity index (χ4n) is 1.11. The van der Waals surface area contributed by atoms with Crippen LogP contribution in [0.5, 0.6) is 0 Å².